The molecule has 1 aromatic carbocycles. The van der Waals surface area contributed by atoms with Gasteiger partial charge in [0.05, 0.1) is 5.56 Å². The van der Waals surface area contributed by atoms with Gasteiger partial charge in [-0.15, -0.1) is 0 Å². The van der Waals surface area contributed by atoms with Gasteiger partial charge in [-0.1, -0.05) is 0 Å². The highest BCUT2D eigenvalue weighted by atomic mass is 19.1. The smallest absolute Gasteiger partial charge is 0.337 e. The fraction of sp³-hybridized carbons (Fsp3) is 0.357. The summed E-state index contributed by atoms with van der Waals surface area (Å²) < 4.78 is 15.1. The fourth-order valence-corrected chi connectivity index (χ4v) is 2.18. The molecule has 2 rings (SSSR count). The summed E-state index contributed by atoms with van der Waals surface area (Å²) in [5, 5.41) is 9.61. The van der Waals surface area contributed by atoms with E-state index in [0.717, 1.165) is 18.5 Å². The third-order valence-corrected chi connectivity index (χ3v) is 3.08. The van der Waals surface area contributed by atoms with Gasteiger partial charge in [-0.25, -0.2) is 9.18 Å². The van der Waals surface area contributed by atoms with Crippen LogP contribution >= 0.6 is 0 Å². The third kappa shape index (κ3) is 2.93. The minimum atomic E-state index is -1.03. The second-order valence-electron chi connectivity index (χ2n) is 4.86. The Hall–Kier alpha value is -1.88. The van der Waals surface area contributed by atoms with Crippen LogP contribution in [0.4, 0.5) is 4.39 Å². The molecular formula is C14H17FN2O2. The standard InChI is InChI=1S/C14H17FN2O2/c1-16(2)6-3-7-17-9-12(14(18)19)11-8-10(15)4-5-13(11)17/h4-5,8-9H,3,6-7H2,1-2H3,(H,18,19). The number of hydrogen-bond donors (Lipinski definition) is 1. The molecule has 0 unspecified atom stereocenters. The molecule has 0 radical (unpaired) electrons. The molecule has 0 saturated heterocycles. The topological polar surface area (TPSA) is 45.5 Å². The van der Waals surface area contributed by atoms with E-state index in [9.17, 15) is 9.18 Å². The van der Waals surface area contributed by atoms with Crippen LogP contribution in [-0.2, 0) is 6.54 Å². The summed E-state index contributed by atoms with van der Waals surface area (Å²) in [6, 6.07) is 4.27. The molecule has 19 heavy (non-hydrogen) atoms. The number of aromatic nitrogens is 1. The zero-order valence-corrected chi connectivity index (χ0v) is 11.1. The van der Waals surface area contributed by atoms with Crippen LogP contribution in [0.15, 0.2) is 24.4 Å². The number of carboxylic acids is 1. The van der Waals surface area contributed by atoms with E-state index in [0.29, 0.717) is 11.9 Å². The van der Waals surface area contributed by atoms with Gasteiger partial charge in [0.25, 0.3) is 0 Å². The van der Waals surface area contributed by atoms with E-state index in [-0.39, 0.29) is 5.56 Å². The van der Waals surface area contributed by atoms with Gasteiger partial charge in [-0.2, -0.15) is 0 Å². The number of benzene rings is 1. The molecule has 0 fully saturated rings. The first-order valence-electron chi connectivity index (χ1n) is 6.15. The molecule has 2 aromatic rings. The Morgan fingerprint density at radius 1 is 1.42 bits per heavy atom. The Morgan fingerprint density at radius 3 is 2.79 bits per heavy atom. The highest BCUT2D eigenvalue weighted by Crippen LogP contribution is 2.23. The van der Waals surface area contributed by atoms with Crippen LogP contribution in [0.1, 0.15) is 16.8 Å². The summed E-state index contributed by atoms with van der Waals surface area (Å²) in [5.41, 5.74) is 0.914. The first-order chi connectivity index (χ1) is 8.99. The second kappa shape index (κ2) is 5.40. The number of aryl methyl sites for hydroxylation is 1. The van der Waals surface area contributed by atoms with Gasteiger partial charge in [0.15, 0.2) is 0 Å². The van der Waals surface area contributed by atoms with Crippen LogP contribution < -0.4 is 0 Å². The maximum absolute atomic E-state index is 13.2. The van der Waals surface area contributed by atoms with Crippen LogP contribution in [0.25, 0.3) is 10.9 Å². The van der Waals surface area contributed by atoms with Crippen molar-refractivity contribution in [3.63, 3.8) is 0 Å². The Morgan fingerprint density at radius 2 is 2.16 bits per heavy atom. The molecule has 0 saturated carbocycles. The average Bonchev–Trinajstić information content (AvgIpc) is 2.67. The van der Waals surface area contributed by atoms with Crippen LogP contribution in [0.5, 0.6) is 0 Å². The summed E-state index contributed by atoms with van der Waals surface area (Å²) >= 11 is 0. The molecule has 0 bridgehead atoms. The molecule has 0 aliphatic heterocycles. The predicted octanol–water partition coefficient (Wildman–Crippen LogP) is 2.43. The van der Waals surface area contributed by atoms with Crippen molar-refractivity contribution in [1.82, 2.24) is 9.47 Å². The molecule has 0 amide bonds. The van der Waals surface area contributed by atoms with E-state index < -0.39 is 11.8 Å². The quantitative estimate of drug-likeness (QED) is 0.902. The van der Waals surface area contributed by atoms with E-state index >= 15 is 0 Å². The van der Waals surface area contributed by atoms with Gasteiger partial charge in [-0.3, -0.25) is 0 Å². The molecule has 0 aliphatic carbocycles. The molecule has 102 valence electrons. The third-order valence-electron chi connectivity index (χ3n) is 3.08. The maximum atomic E-state index is 13.2. The van der Waals surface area contributed by atoms with E-state index in [1.165, 1.54) is 12.1 Å². The van der Waals surface area contributed by atoms with Gasteiger partial charge in [0.2, 0.25) is 0 Å². The van der Waals surface area contributed by atoms with Crippen LogP contribution in [0.3, 0.4) is 0 Å². The van der Waals surface area contributed by atoms with E-state index in [1.807, 2.05) is 18.7 Å². The van der Waals surface area contributed by atoms with E-state index in [4.69, 9.17) is 5.11 Å². The van der Waals surface area contributed by atoms with Crippen molar-refractivity contribution < 1.29 is 14.3 Å². The minimum Gasteiger partial charge on any atom is -0.478 e. The van der Waals surface area contributed by atoms with Crippen molar-refractivity contribution in [3.05, 3.63) is 35.8 Å². The summed E-state index contributed by atoms with van der Waals surface area (Å²) in [6.45, 7) is 1.64. The lowest BCUT2D eigenvalue weighted by molar-refractivity contribution is 0.0699. The second-order valence-corrected chi connectivity index (χ2v) is 4.86. The Labute approximate surface area is 111 Å². The zero-order chi connectivity index (χ0) is 14.0. The molecule has 0 atom stereocenters. The van der Waals surface area contributed by atoms with Gasteiger partial charge in [0.1, 0.15) is 5.82 Å². The molecule has 0 spiro atoms. The van der Waals surface area contributed by atoms with Gasteiger partial charge in [0, 0.05) is 23.6 Å². The number of nitrogens with zero attached hydrogens (tertiary/aromatic N) is 2. The largest absolute Gasteiger partial charge is 0.478 e. The number of carbonyl (C=O) groups is 1. The lowest BCUT2D eigenvalue weighted by Gasteiger charge is -2.10. The summed E-state index contributed by atoms with van der Waals surface area (Å²) in [7, 11) is 3.98. The lowest BCUT2D eigenvalue weighted by atomic mass is 10.2. The highest BCUT2D eigenvalue weighted by Gasteiger charge is 2.14. The summed E-state index contributed by atoms with van der Waals surface area (Å²) in [6.07, 6.45) is 2.50. The van der Waals surface area contributed by atoms with Gasteiger partial charge in [-0.05, 0) is 45.3 Å². The average molecular weight is 264 g/mol. The predicted molar refractivity (Wildman–Crippen MR) is 72.0 cm³/mol. The molecule has 1 heterocycles. The van der Waals surface area contributed by atoms with Gasteiger partial charge < -0.3 is 14.6 Å². The first-order valence-corrected chi connectivity index (χ1v) is 6.15. The Kier molecular flexibility index (Phi) is 3.85. The van der Waals surface area contributed by atoms with Crippen molar-refractivity contribution in [2.45, 2.75) is 13.0 Å². The number of aromatic carboxylic acids is 1. The number of fused-ring (bicyclic) bond motifs is 1. The minimum absolute atomic E-state index is 0.152. The number of rotatable bonds is 5. The highest BCUT2D eigenvalue weighted by molar-refractivity contribution is 6.03. The number of carboxylic acid groups (broad SMARTS) is 1. The number of halogens is 1. The van der Waals surface area contributed by atoms with Crippen molar-refractivity contribution in [1.29, 1.82) is 0 Å². The van der Waals surface area contributed by atoms with Crippen molar-refractivity contribution >= 4 is 16.9 Å². The first kappa shape index (κ1) is 13.5. The fourth-order valence-electron chi connectivity index (χ4n) is 2.18. The normalized spacial score (nSPS) is 11.4. The van der Waals surface area contributed by atoms with Crippen molar-refractivity contribution in [3.8, 4) is 0 Å². The molecule has 1 aromatic heterocycles. The van der Waals surface area contributed by atoms with Gasteiger partial charge >= 0.3 is 5.97 Å². The van der Waals surface area contributed by atoms with Crippen LogP contribution in [0.2, 0.25) is 0 Å². The van der Waals surface area contributed by atoms with Crippen molar-refractivity contribution in [2.75, 3.05) is 20.6 Å². The van der Waals surface area contributed by atoms with Crippen LogP contribution in [-0.4, -0.2) is 41.2 Å². The van der Waals surface area contributed by atoms with E-state index in [1.54, 1.807) is 12.3 Å². The van der Waals surface area contributed by atoms with Crippen molar-refractivity contribution in [2.24, 2.45) is 0 Å². The zero-order valence-electron chi connectivity index (χ0n) is 11.1. The number of hydrogen-bond acceptors (Lipinski definition) is 2. The SMILES string of the molecule is CN(C)CCCn1cc(C(=O)O)c2cc(F)ccc21. The molecule has 0 aliphatic rings. The Balaban J connectivity index is 2.36. The lowest BCUT2D eigenvalue weighted by Crippen LogP contribution is -2.14. The maximum Gasteiger partial charge on any atom is 0.337 e. The Bertz CT molecular complexity index is 605. The van der Waals surface area contributed by atoms with E-state index in [2.05, 4.69) is 4.90 Å². The molecule has 4 nitrogen and oxygen atoms in total. The summed E-state index contributed by atoms with van der Waals surface area (Å²) in [4.78, 5) is 13.3. The summed E-state index contributed by atoms with van der Waals surface area (Å²) in [5.74, 6) is -1.44. The molecule has 1 N–H and O–H groups in total. The monoisotopic (exact) mass is 264 g/mol. The van der Waals surface area contributed by atoms with Crippen LogP contribution in [0, 0.1) is 5.82 Å². The molecular weight excluding hydrogens is 247 g/mol. The molecule has 5 heteroatoms.